The molecule has 3 heteroatoms. The predicted molar refractivity (Wildman–Crippen MR) is 77.5 cm³/mol. The van der Waals surface area contributed by atoms with Gasteiger partial charge in [-0.2, -0.15) is 0 Å². The standard InChI is InChI=1S/C16H25NO2/c1-2-3-10-19-11-4-9-17-16-8-5-13-12-14(18)6-7-15(13)16/h6-7,12,16-18H,2-5,8-11H2,1H3. The zero-order chi connectivity index (χ0) is 13.5. The molecular formula is C16H25NO2. The van der Waals surface area contributed by atoms with Crippen molar-refractivity contribution >= 4 is 0 Å². The molecule has 1 aromatic rings. The Kier molecular flexibility index (Phi) is 5.67. The van der Waals surface area contributed by atoms with Crippen LogP contribution in [0.1, 0.15) is 49.8 Å². The van der Waals surface area contributed by atoms with Crippen LogP contribution in [0.2, 0.25) is 0 Å². The van der Waals surface area contributed by atoms with Gasteiger partial charge in [0.15, 0.2) is 0 Å². The molecule has 106 valence electrons. The van der Waals surface area contributed by atoms with Gasteiger partial charge in [0.25, 0.3) is 0 Å². The minimum absolute atomic E-state index is 0.378. The quantitative estimate of drug-likeness (QED) is 0.708. The normalized spacial score (nSPS) is 17.6. The van der Waals surface area contributed by atoms with Crippen molar-refractivity contribution in [2.75, 3.05) is 19.8 Å². The second kappa shape index (κ2) is 7.51. The molecule has 1 unspecified atom stereocenters. The molecular weight excluding hydrogens is 238 g/mol. The Morgan fingerprint density at radius 2 is 2.16 bits per heavy atom. The molecule has 19 heavy (non-hydrogen) atoms. The highest BCUT2D eigenvalue weighted by atomic mass is 16.5. The van der Waals surface area contributed by atoms with E-state index >= 15 is 0 Å². The highest BCUT2D eigenvalue weighted by Crippen LogP contribution is 2.32. The molecule has 0 aromatic heterocycles. The smallest absolute Gasteiger partial charge is 0.115 e. The number of ether oxygens (including phenoxy) is 1. The van der Waals surface area contributed by atoms with Gasteiger partial charge in [0.2, 0.25) is 0 Å². The van der Waals surface area contributed by atoms with Crippen molar-refractivity contribution in [3.63, 3.8) is 0 Å². The van der Waals surface area contributed by atoms with Gasteiger partial charge in [0, 0.05) is 19.3 Å². The molecule has 1 aliphatic rings. The van der Waals surface area contributed by atoms with Crippen LogP contribution in [0.4, 0.5) is 0 Å². The Hall–Kier alpha value is -1.06. The number of rotatable bonds is 8. The van der Waals surface area contributed by atoms with Gasteiger partial charge in [-0.25, -0.2) is 0 Å². The van der Waals surface area contributed by atoms with Crippen LogP contribution in [0.15, 0.2) is 18.2 Å². The van der Waals surface area contributed by atoms with Crippen LogP contribution in [0, 0.1) is 0 Å². The van der Waals surface area contributed by atoms with Gasteiger partial charge in [-0.05, 0) is 55.5 Å². The molecule has 2 rings (SSSR count). The summed E-state index contributed by atoms with van der Waals surface area (Å²) in [4.78, 5) is 0. The molecule has 2 N–H and O–H groups in total. The lowest BCUT2D eigenvalue weighted by Crippen LogP contribution is -2.21. The zero-order valence-corrected chi connectivity index (χ0v) is 11.8. The first kappa shape index (κ1) is 14.4. The van der Waals surface area contributed by atoms with E-state index in [0.717, 1.165) is 45.4 Å². The highest BCUT2D eigenvalue weighted by molar-refractivity contribution is 5.39. The van der Waals surface area contributed by atoms with E-state index in [2.05, 4.69) is 12.2 Å². The SMILES string of the molecule is CCCCOCCCNC1CCc2cc(O)ccc21. The lowest BCUT2D eigenvalue weighted by atomic mass is 10.1. The number of hydrogen-bond acceptors (Lipinski definition) is 3. The van der Waals surface area contributed by atoms with Crippen LogP contribution in [0.25, 0.3) is 0 Å². The van der Waals surface area contributed by atoms with Gasteiger partial charge in [-0.3, -0.25) is 0 Å². The van der Waals surface area contributed by atoms with Crippen molar-refractivity contribution in [2.24, 2.45) is 0 Å². The molecule has 1 atom stereocenters. The van der Waals surface area contributed by atoms with Gasteiger partial charge >= 0.3 is 0 Å². The molecule has 0 amide bonds. The van der Waals surface area contributed by atoms with E-state index in [1.165, 1.54) is 17.5 Å². The van der Waals surface area contributed by atoms with E-state index in [-0.39, 0.29) is 0 Å². The van der Waals surface area contributed by atoms with Crippen LogP contribution in [0.3, 0.4) is 0 Å². The van der Waals surface area contributed by atoms with Crippen molar-refractivity contribution in [3.05, 3.63) is 29.3 Å². The number of benzene rings is 1. The maximum atomic E-state index is 9.46. The van der Waals surface area contributed by atoms with Crippen molar-refractivity contribution < 1.29 is 9.84 Å². The van der Waals surface area contributed by atoms with Gasteiger partial charge < -0.3 is 15.2 Å². The zero-order valence-electron chi connectivity index (χ0n) is 11.8. The molecule has 0 fully saturated rings. The van der Waals surface area contributed by atoms with Crippen LogP contribution in [-0.4, -0.2) is 24.9 Å². The molecule has 0 spiro atoms. The van der Waals surface area contributed by atoms with Crippen LogP contribution < -0.4 is 5.32 Å². The van der Waals surface area contributed by atoms with Gasteiger partial charge in [-0.1, -0.05) is 19.4 Å². The average molecular weight is 263 g/mol. The third-order valence-corrected chi connectivity index (χ3v) is 3.70. The van der Waals surface area contributed by atoms with E-state index in [1.54, 1.807) is 6.07 Å². The first-order chi connectivity index (χ1) is 9.31. The van der Waals surface area contributed by atoms with Gasteiger partial charge in [-0.15, -0.1) is 0 Å². The van der Waals surface area contributed by atoms with Crippen molar-refractivity contribution in [1.82, 2.24) is 5.32 Å². The maximum Gasteiger partial charge on any atom is 0.115 e. The Labute approximate surface area is 116 Å². The summed E-state index contributed by atoms with van der Waals surface area (Å²) >= 11 is 0. The lowest BCUT2D eigenvalue weighted by molar-refractivity contribution is 0.128. The lowest BCUT2D eigenvalue weighted by Gasteiger charge is -2.14. The number of hydrogen-bond donors (Lipinski definition) is 2. The van der Waals surface area contributed by atoms with Gasteiger partial charge in [0.05, 0.1) is 0 Å². The fourth-order valence-corrected chi connectivity index (χ4v) is 2.61. The fraction of sp³-hybridized carbons (Fsp3) is 0.625. The Balaban J connectivity index is 1.66. The summed E-state index contributed by atoms with van der Waals surface area (Å²) < 4.78 is 5.55. The molecule has 0 saturated heterocycles. The summed E-state index contributed by atoms with van der Waals surface area (Å²) in [5.41, 5.74) is 2.64. The van der Waals surface area contributed by atoms with E-state index in [1.807, 2.05) is 12.1 Å². The van der Waals surface area contributed by atoms with E-state index in [0.29, 0.717) is 11.8 Å². The Morgan fingerprint density at radius 1 is 1.32 bits per heavy atom. The molecule has 1 aromatic carbocycles. The monoisotopic (exact) mass is 263 g/mol. The third-order valence-electron chi connectivity index (χ3n) is 3.70. The Bertz CT molecular complexity index is 392. The topological polar surface area (TPSA) is 41.5 Å². The summed E-state index contributed by atoms with van der Waals surface area (Å²) in [6.07, 6.45) is 5.62. The molecule has 1 aliphatic carbocycles. The number of phenols is 1. The number of nitrogens with one attached hydrogen (secondary N) is 1. The van der Waals surface area contributed by atoms with Crippen LogP contribution >= 0.6 is 0 Å². The van der Waals surface area contributed by atoms with Gasteiger partial charge in [0.1, 0.15) is 5.75 Å². The van der Waals surface area contributed by atoms with Crippen molar-refractivity contribution in [3.8, 4) is 5.75 Å². The maximum absolute atomic E-state index is 9.46. The minimum atomic E-state index is 0.378. The minimum Gasteiger partial charge on any atom is -0.508 e. The van der Waals surface area contributed by atoms with Crippen molar-refractivity contribution in [2.45, 2.75) is 45.1 Å². The molecule has 0 aliphatic heterocycles. The largest absolute Gasteiger partial charge is 0.508 e. The van der Waals surface area contributed by atoms with E-state index in [9.17, 15) is 5.11 Å². The average Bonchev–Trinajstić information content (AvgIpc) is 2.80. The summed E-state index contributed by atoms with van der Waals surface area (Å²) in [5, 5.41) is 13.0. The number of fused-ring (bicyclic) bond motifs is 1. The first-order valence-electron chi connectivity index (χ1n) is 7.44. The van der Waals surface area contributed by atoms with Crippen LogP contribution in [-0.2, 0) is 11.2 Å². The second-order valence-corrected chi connectivity index (χ2v) is 5.25. The fourth-order valence-electron chi connectivity index (χ4n) is 2.61. The molecule has 0 bridgehead atoms. The van der Waals surface area contributed by atoms with E-state index in [4.69, 9.17) is 4.74 Å². The van der Waals surface area contributed by atoms with E-state index < -0.39 is 0 Å². The molecule has 3 nitrogen and oxygen atoms in total. The molecule has 0 radical (unpaired) electrons. The number of aryl methyl sites for hydroxylation is 1. The molecule has 0 saturated carbocycles. The summed E-state index contributed by atoms with van der Waals surface area (Å²) in [7, 11) is 0. The Morgan fingerprint density at radius 3 is 3.00 bits per heavy atom. The van der Waals surface area contributed by atoms with Crippen LogP contribution in [0.5, 0.6) is 5.75 Å². The second-order valence-electron chi connectivity index (χ2n) is 5.25. The summed E-state index contributed by atoms with van der Waals surface area (Å²) in [6.45, 7) is 4.92. The number of unbranched alkanes of at least 4 members (excludes halogenated alkanes) is 1. The van der Waals surface area contributed by atoms with Crippen molar-refractivity contribution in [1.29, 1.82) is 0 Å². The highest BCUT2D eigenvalue weighted by Gasteiger charge is 2.21. The molecule has 0 heterocycles. The summed E-state index contributed by atoms with van der Waals surface area (Å²) in [6, 6.07) is 6.18. The first-order valence-corrected chi connectivity index (χ1v) is 7.44. The number of phenolic OH excluding ortho intramolecular Hbond substituents is 1. The predicted octanol–water partition coefficient (Wildman–Crippen LogP) is 3.18. The summed E-state index contributed by atoms with van der Waals surface area (Å²) in [5.74, 6) is 0.378. The third kappa shape index (κ3) is 4.22. The number of aromatic hydroxyl groups is 1.